The summed E-state index contributed by atoms with van der Waals surface area (Å²) in [4.78, 5) is 38.9. The molecule has 0 bridgehead atoms. The average molecular weight is 580 g/mol. The lowest BCUT2D eigenvalue weighted by Gasteiger charge is -2.11. The van der Waals surface area contributed by atoms with Gasteiger partial charge in [0.05, 0.1) is 11.6 Å². The number of esters is 2. The largest absolute Gasteiger partial charge is 0.464 e. The van der Waals surface area contributed by atoms with E-state index in [1.807, 2.05) is 58.0 Å². The van der Waals surface area contributed by atoms with Gasteiger partial charge in [0.1, 0.15) is 18.1 Å². The van der Waals surface area contributed by atoms with E-state index in [0.29, 0.717) is 22.0 Å². The molecular formula is C28H36Cl2N4O5. The molecule has 0 radical (unpaired) electrons. The van der Waals surface area contributed by atoms with Gasteiger partial charge in [-0.25, -0.2) is 4.98 Å². The van der Waals surface area contributed by atoms with Gasteiger partial charge in [0.25, 0.3) is 5.91 Å². The fourth-order valence-corrected chi connectivity index (χ4v) is 3.37. The van der Waals surface area contributed by atoms with Gasteiger partial charge in [0.15, 0.2) is 6.73 Å². The Kier molecular flexibility index (Phi) is 15.3. The molecule has 212 valence electrons. The summed E-state index contributed by atoms with van der Waals surface area (Å²) >= 11 is 11.9. The number of rotatable bonds is 9. The zero-order chi connectivity index (χ0) is 29.4. The first-order valence-corrected chi connectivity index (χ1v) is 13.2. The van der Waals surface area contributed by atoms with E-state index in [1.165, 1.54) is 24.6 Å². The van der Waals surface area contributed by atoms with Crippen molar-refractivity contribution in [1.29, 1.82) is 0 Å². The second-order valence-electron chi connectivity index (χ2n) is 8.09. The second kappa shape index (κ2) is 17.9. The van der Waals surface area contributed by atoms with E-state index in [0.717, 1.165) is 5.02 Å². The number of carbonyl (C=O) groups excluding carboxylic acids is 3. The lowest BCUT2D eigenvalue weighted by molar-refractivity contribution is -0.144. The quantitative estimate of drug-likeness (QED) is 0.229. The predicted molar refractivity (Wildman–Crippen MR) is 155 cm³/mol. The molecule has 0 aliphatic rings. The van der Waals surface area contributed by atoms with Crippen LogP contribution >= 0.6 is 23.2 Å². The first-order valence-electron chi connectivity index (χ1n) is 12.4. The van der Waals surface area contributed by atoms with Crippen molar-refractivity contribution in [3.8, 4) is 11.1 Å². The minimum atomic E-state index is -0.475. The Bertz CT molecular complexity index is 1200. The van der Waals surface area contributed by atoms with Crippen molar-refractivity contribution >= 4 is 46.9 Å². The third-order valence-electron chi connectivity index (χ3n) is 4.57. The standard InChI is InChI=1S/C20H25ClN4O5.C6H5Cl.C2H6/c1-12(2)24-19-8-16(17(21)9-23-19)15-7-18(25(10-15)11-30-14(4)27)20(28)22-5-6-29-13(3)26;7-6-4-2-1-3-5-6;1-2/h7-10,12H,5-6,11H2,1-4H3,(H,22,28)(H,23,24);1-5H;1-2H3. The number of halogens is 2. The van der Waals surface area contributed by atoms with E-state index in [1.54, 1.807) is 18.3 Å². The number of nitrogens with one attached hydrogen (secondary N) is 2. The first kappa shape index (κ1) is 33.5. The van der Waals surface area contributed by atoms with Crippen LogP contribution < -0.4 is 10.6 Å². The zero-order valence-corrected chi connectivity index (χ0v) is 24.6. The molecule has 0 fully saturated rings. The summed E-state index contributed by atoms with van der Waals surface area (Å²) in [6.45, 7) is 10.6. The number of ether oxygens (including phenoxy) is 2. The molecule has 1 aromatic carbocycles. The van der Waals surface area contributed by atoms with Gasteiger partial charge in [-0.05, 0) is 38.1 Å². The number of benzene rings is 1. The molecule has 2 N–H and O–H groups in total. The van der Waals surface area contributed by atoms with Crippen LogP contribution in [0.25, 0.3) is 11.1 Å². The molecule has 39 heavy (non-hydrogen) atoms. The minimum absolute atomic E-state index is 0.0546. The Morgan fingerprint density at radius 3 is 2.18 bits per heavy atom. The topological polar surface area (TPSA) is 112 Å². The number of aromatic nitrogens is 2. The highest BCUT2D eigenvalue weighted by Crippen LogP contribution is 2.31. The molecule has 2 aromatic heterocycles. The van der Waals surface area contributed by atoms with Gasteiger partial charge in [-0.3, -0.25) is 14.4 Å². The van der Waals surface area contributed by atoms with E-state index < -0.39 is 17.8 Å². The van der Waals surface area contributed by atoms with Crippen LogP contribution in [0.15, 0.2) is 54.9 Å². The lowest BCUT2D eigenvalue weighted by atomic mass is 10.1. The highest BCUT2D eigenvalue weighted by molar-refractivity contribution is 6.33. The Hall–Kier alpha value is -3.56. The summed E-state index contributed by atoms with van der Waals surface area (Å²) in [6.07, 6.45) is 3.20. The van der Waals surface area contributed by atoms with Crippen LogP contribution in [0.2, 0.25) is 10.0 Å². The van der Waals surface area contributed by atoms with Crippen LogP contribution in [0.3, 0.4) is 0 Å². The van der Waals surface area contributed by atoms with Crippen molar-refractivity contribution in [3.63, 3.8) is 0 Å². The molecule has 11 heteroatoms. The van der Waals surface area contributed by atoms with Crippen LogP contribution in [0.1, 0.15) is 52.0 Å². The highest BCUT2D eigenvalue weighted by Gasteiger charge is 2.17. The number of amides is 1. The molecule has 3 rings (SSSR count). The molecule has 3 aromatic rings. The summed E-state index contributed by atoms with van der Waals surface area (Å²) in [7, 11) is 0. The zero-order valence-electron chi connectivity index (χ0n) is 23.1. The van der Waals surface area contributed by atoms with Gasteiger partial charge in [0.2, 0.25) is 0 Å². The van der Waals surface area contributed by atoms with E-state index in [2.05, 4.69) is 15.6 Å². The van der Waals surface area contributed by atoms with Crippen LogP contribution in [0.5, 0.6) is 0 Å². The van der Waals surface area contributed by atoms with Gasteiger partial charge in [-0.15, -0.1) is 0 Å². The van der Waals surface area contributed by atoms with Crippen LogP contribution in [-0.2, 0) is 25.8 Å². The van der Waals surface area contributed by atoms with Gasteiger partial charge in [-0.2, -0.15) is 0 Å². The molecule has 2 heterocycles. The van der Waals surface area contributed by atoms with E-state index >= 15 is 0 Å². The molecule has 0 aliphatic carbocycles. The molecule has 0 unspecified atom stereocenters. The van der Waals surface area contributed by atoms with Crippen molar-refractivity contribution in [2.45, 2.75) is 54.3 Å². The van der Waals surface area contributed by atoms with Gasteiger partial charge in [0, 0.05) is 48.4 Å². The van der Waals surface area contributed by atoms with Gasteiger partial charge < -0.3 is 24.7 Å². The predicted octanol–water partition coefficient (Wildman–Crippen LogP) is 6.20. The number of hydrogen-bond donors (Lipinski definition) is 2. The maximum atomic E-state index is 12.6. The van der Waals surface area contributed by atoms with E-state index in [-0.39, 0.29) is 31.6 Å². The maximum absolute atomic E-state index is 12.6. The summed E-state index contributed by atoms with van der Waals surface area (Å²) in [5.41, 5.74) is 1.59. The Balaban J connectivity index is 0.000000720. The van der Waals surface area contributed by atoms with E-state index in [9.17, 15) is 14.4 Å². The maximum Gasteiger partial charge on any atom is 0.304 e. The molecule has 9 nitrogen and oxygen atoms in total. The lowest BCUT2D eigenvalue weighted by Crippen LogP contribution is -2.29. The summed E-state index contributed by atoms with van der Waals surface area (Å²) in [6, 6.07) is 13.1. The molecule has 0 saturated carbocycles. The number of nitrogens with zero attached hydrogens (tertiary/aromatic N) is 2. The molecule has 0 saturated heterocycles. The Labute approximate surface area is 239 Å². The SMILES string of the molecule is CC.CC(=O)OCCNC(=O)c1cc(-c2cc(NC(C)C)ncc2Cl)cn1COC(C)=O.Clc1ccccc1. The molecular weight excluding hydrogens is 543 g/mol. The summed E-state index contributed by atoms with van der Waals surface area (Å²) in [5.74, 6) is -0.671. The normalized spacial score (nSPS) is 9.87. The van der Waals surface area contributed by atoms with Crippen LogP contribution in [0.4, 0.5) is 5.82 Å². The molecule has 0 aliphatic heterocycles. The van der Waals surface area contributed by atoms with E-state index in [4.69, 9.17) is 32.7 Å². The second-order valence-corrected chi connectivity index (χ2v) is 8.93. The van der Waals surface area contributed by atoms with Crippen molar-refractivity contribution < 1.29 is 23.9 Å². The highest BCUT2D eigenvalue weighted by atomic mass is 35.5. The van der Waals surface area contributed by atoms with Crippen molar-refractivity contribution in [3.05, 3.63) is 70.6 Å². The first-order chi connectivity index (χ1) is 18.6. The fourth-order valence-electron chi connectivity index (χ4n) is 3.01. The third kappa shape index (κ3) is 12.7. The van der Waals surface area contributed by atoms with Crippen LogP contribution in [0, 0.1) is 0 Å². The Morgan fingerprint density at radius 1 is 1.00 bits per heavy atom. The van der Waals surface area contributed by atoms with Crippen molar-refractivity contribution in [2.24, 2.45) is 0 Å². The molecule has 0 atom stereocenters. The van der Waals surface area contributed by atoms with Gasteiger partial charge in [-0.1, -0.05) is 55.2 Å². The van der Waals surface area contributed by atoms with Crippen molar-refractivity contribution in [2.75, 3.05) is 18.5 Å². The summed E-state index contributed by atoms with van der Waals surface area (Å²) < 4.78 is 11.4. The number of anilines is 1. The Morgan fingerprint density at radius 2 is 1.64 bits per heavy atom. The third-order valence-corrected chi connectivity index (χ3v) is 5.12. The molecule has 0 spiro atoms. The molecule has 1 amide bonds. The fraction of sp³-hybridized carbons (Fsp3) is 0.357. The van der Waals surface area contributed by atoms with Gasteiger partial charge >= 0.3 is 11.9 Å². The van der Waals surface area contributed by atoms with Crippen molar-refractivity contribution in [1.82, 2.24) is 14.9 Å². The van der Waals surface area contributed by atoms with Crippen LogP contribution in [-0.4, -0.2) is 46.6 Å². The number of hydrogen-bond acceptors (Lipinski definition) is 7. The monoisotopic (exact) mass is 578 g/mol. The average Bonchev–Trinajstić information content (AvgIpc) is 3.32. The minimum Gasteiger partial charge on any atom is -0.464 e. The number of carbonyl (C=O) groups is 3. The smallest absolute Gasteiger partial charge is 0.304 e. The number of pyridine rings is 1. The summed E-state index contributed by atoms with van der Waals surface area (Å²) in [5, 5.41) is 7.07.